The number of fused-ring (bicyclic) bond motifs is 1. The van der Waals surface area contributed by atoms with Gasteiger partial charge in [-0.2, -0.15) is 0 Å². The maximum atomic E-state index is 11.9. The highest BCUT2D eigenvalue weighted by molar-refractivity contribution is 5.77. The topological polar surface area (TPSA) is 29.5 Å². The van der Waals surface area contributed by atoms with Crippen molar-refractivity contribution in [2.24, 2.45) is 0 Å². The normalized spacial score (nSPS) is 17.9. The largest absolute Gasteiger partial charge is 0.372 e. The number of aryl methyl sites for hydroxylation is 1. The van der Waals surface area contributed by atoms with Crippen molar-refractivity contribution in [1.29, 1.82) is 0 Å². The molecule has 0 N–H and O–H groups in total. The van der Waals surface area contributed by atoms with Gasteiger partial charge in [-0.15, -0.1) is 0 Å². The smallest absolute Gasteiger partial charge is 0.248 e. The van der Waals surface area contributed by atoms with Gasteiger partial charge in [-0.3, -0.25) is 4.79 Å². The summed E-state index contributed by atoms with van der Waals surface area (Å²) in [6, 6.07) is 8.59. The van der Waals surface area contributed by atoms with Crippen molar-refractivity contribution in [3.05, 3.63) is 35.4 Å². The van der Waals surface area contributed by atoms with Gasteiger partial charge in [0, 0.05) is 13.7 Å². The Kier molecular flexibility index (Phi) is 3.79. The summed E-state index contributed by atoms with van der Waals surface area (Å²) in [5.74, 6) is 0.0635. The lowest BCUT2D eigenvalue weighted by Crippen LogP contribution is -2.33. The second kappa shape index (κ2) is 5.32. The molecule has 0 aliphatic heterocycles. The molecular weight excluding hydrogens is 214 g/mol. The zero-order chi connectivity index (χ0) is 12.3. The van der Waals surface area contributed by atoms with E-state index in [2.05, 4.69) is 18.2 Å². The third-order valence-electron chi connectivity index (χ3n) is 3.39. The van der Waals surface area contributed by atoms with E-state index in [1.807, 2.05) is 24.9 Å². The minimum atomic E-state index is 0.0635. The van der Waals surface area contributed by atoms with Crippen molar-refractivity contribution >= 4 is 5.91 Å². The van der Waals surface area contributed by atoms with Crippen LogP contribution < -0.4 is 0 Å². The van der Waals surface area contributed by atoms with Gasteiger partial charge in [-0.1, -0.05) is 24.3 Å². The van der Waals surface area contributed by atoms with E-state index in [1.165, 1.54) is 11.1 Å². The van der Waals surface area contributed by atoms with Crippen molar-refractivity contribution in [3.63, 3.8) is 0 Å². The molecule has 2 rings (SSSR count). The Bertz CT molecular complexity index is 403. The second-order valence-corrected chi connectivity index (χ2v) is 4.40. The van der Waals surface area contributed by atoms with Gasteiger partial charge in [-0.25, -0.2) is 0 Å². The number of carbonyl (C=O) groups excluding carboxylic acids is 1. The molecular formula is C14H19NO2. The number of likely N-dealkylation sites (N-methyl/N-ethyl adjacent to an activating group) is 1. The zero-order valence-electron chi connectivity index (χ0n) is 10.5. The maximum absolute atomic E-state index is 11.9. The highest BCUT2D eigenvalue weighted by Crippen LogP contribution is 2.34. The number of hydrogen-bond donors (Lipinski definition) is 0. The summed E-state index contributed by atoms with van der Waals surface area (Å²) in [6.45, 7) is 2.67. The van der Waals surface area contributed by atoms with Crippen LogP contribution in [-0.2, 0) is 16.0 Å². The summed E-state index contributed by atoms with van der Waals surface area (Å²) >= 11 is 0. The van der Waals surface area contributed by atoms with Gasteiger partial charge in [0.2, 0.25) is 5.91 Å². The highest BCUT2D eigenvalue weighted by atomic mass is 16.5. The van der Waals surface area contributed by atoms with E-state index in [0.717, 1.165) is 12.8 Å². The van der Waals surface area contributed by atoms with Gasteiger partial charge >= 0.3 is 0 Å². The average Bonchev–Trinajstić information content (AvgIpc) is 2.78. The predicted molar refractivity (Wildman–Crippen MR) is 66.8 cm³/mol. The highest BCUT2D eigenvalue weighted by Gasteiger charge is 2.27. The standard InChI is InChI=1S/C14H19NO2/c1-3-17-10-14(16)15(2)13-9-8-11-6-4-5-7-12(11)13/h4-7,13H,3,8-10H2,1-2H3. The number of nitrogens with zero attached hydrogens (tertiary/aromatic N) is 1. The Hall–Kier alpha value is -1.35. The molecule has 0 aromatic heterocycles. The Balaban J connectivity index is 2.07. The van der Waals surface area contributed by atoms with Gasteiger partial charge < -0.3 is 9.64 Å². The van der Waals surface area contributed by atoms with E-state index in [-0.39, 0.29) is 18.6 Å². The van der Waals surface area contributed by atoms with Crippen LogP contribution >= 0.6 is 0 Å². The zero-order valence-corrected chi connectivity index (χ0v) is 10.5. The van der Waals surface area contributed by atoms with E-state index in [9.17, 15) is 4.79 Å². The molecule has 17 heavy (non-hydrogen) atoms. The molecule has 0 saturated carbocycles. The third kappa shape index (κ3) is 2.50. The lowest BCUT2D eigenvalue weighted by molar-refractivity contribution is -0.136. The van der Waals surface area contributed by atoms with E-state index >= 15 is 0 Å². The van der Waals surface area contributed by atoms with Crippen molar-refractivity contribution in [3.8, 4) is 0 Å². The number of hydrogen-bond acceptors (Lipinski definition) is 2. The summed E-state index contributed by atoms with van der Waals surface area (Å²) in [5, 5.41) is 0. The molecule has 92 valence electrons. The van der Waals surface area contributed by atoms with Crippen LogP contribution in [0.2, 0.25) is 0 Å². The molecule has 0 radical (unpaired) electrons. The summed E-state index contributed by atoms with van der Waals surface area (Å²) in [6.07, 6.45) is 2.08. The van der Waals surface area contributed by atoms with Crippen LogP contribution in [-0.4, -0.2) is 31.1 Å². The van der Waals surface area contributed by atoms with E-state index in [0.29, 0.717) is 6.61 Å². The first-order valence-electron chi connectivity index (χ1n) is 6.15. The summed E-state index contributed by atoms with van der Waals surface area (Å²) < 4.78 is 5.17. The van der Waals surface area contributed by atoms with Gasteiger partial charge in [-0.05, 0) is 30.9 Å². The van der Waals surface area contributed by atoms with E-state index in [4.69, 9.17) is 4.74 Å². The van der Waals surface area contributed by atoms with Crippen LogP contribution in [0, 0.1) is 0 Å². The van der Waals surface area contributed by atoms with Gasteiger partial charge in [0.1, 0.15) is 6.61 Å². The third-order valence-corrected chi connectivity index (χ3v) is 3.39. The van der Waals surface area contributed by atoms with Crippen LogP contribution in [0.25, 0.3) is 0 Å². The molecule has 1 unspecified atom stereocenters. The summed E-state index contributed by atoms with van der Waals surface area (Å²) in [7, 11) is 1.87. The first-order chi connectivity index (χ1) is 8.24. The monoisotopic (exact) mass is 233 g/mol. The average molecular weight is 233 g/mol. The van der Waals surface area contributed by atoms with Crippen LogP contribution in [0.4, 0.5) is 0 Å². The SMILES string of the molecule is CCOCC(=O)N(C)C1CCc2ccccc21. The number of amides is 1. The molecule has 1 aliphatic rings. The van der Waals surface area contributed by atoms with Crippen LogP contribution in [0.5, 0.6) is 0 Å². The van der Waals surface area contributed by atoms with Crippen molar-refractivity contribution in [2.45, 2.75) is 25.8 Å². The van der Waals surface area contributed by atoms with Gasteiger partial charge in [0.05, 0.1) is 6.04 Å². The second-order valence-electron chi connectivity index (χ2n) is 4.40. The summed E-state index contributed by atoms with van der Waals surface area (Å²) in [5.41, 5.74) is 2.66. The first kappa shape index (κ1) is 12.1. The molecule has 3 nitrogen and oxygen atoms in total. The quantitative estimate of drug-likeness (QED) is 0.797. The Morgan fingerprint density at radius 2 is 2.24 bits per heavy atom. The number of benzene rings is 1. The van der Waals surface area contributed by atoms with Gasteiger partial charge in [0.25, 0.3) is 0 Å². The fourth-order valence-electron chi connectivity index (χ4n) is 2.40. The number of rotatable bonds is 4. The minimum Gasteiger partial charge on any atom is -0.372 e. The molecule has 0 bridgehead atoms. The Morgan fingerprint density at radius 3 is 3.00 bits per heavy atom. The van der Waals surface area contributed by atoms with Crippen molar-refractivity contribution < 1.29 is 9.53 Å². The minimum absolute atomic E-state index is 0.0635. The summed E-state index contributed by atoms with van der Waals surface area (Å²) in [4.78, 5) is 13.7. The van der Waals surface area contributed by atoms with Gasteiger partial charge in [0.15, 0.2) is 0 Å². The van der Waals surface area contributed by atoms with E-state index in [1.54, 1.807) is 0 Å². The lowest BCUT2D eigenvalue weighted by atomic mass is 10.1. The Labute approximate surface area is 102 Å². The maximum Gasteiger partial charge on any atom is 0.248 e. The van der Waals surface area contributed by atoms with Crippen LogP contribution in [0.15, 0.2) is 24.3 Å². The number of ether oxygens (including phenoxy) is 1. The fourth-order valence-corrected chi connectivity index (χ4v) is 2.40. The predicted octanol–water partition coefficient (Wildman–Crippen LogP) is 2.17. The van der Waals surface area contributed by atoms with Crippen LogP contribution in [0.3, 0.4) is 0 Å². The molecule has 1 aromatic rings. The molecule has 1 amide bonds. The molecule has 1 aliphatic carbocycles. The molecule has 0 fully saturated rings. The molecule has 0 heterocycles. The Morgan fingerprint density at radius 1 is 1.47 bits per heavy atom. The van der Waals surface area contributed by atoms with Crippen molar-refractivity contribution in [1.82, 2.24) is 4.90 Å². The van der Waals surface area contributed by atoms with Crippen molar-refractivity contribution in [2.75, 3.05) is 20.3 Å². The molecule has 0 saturated heterocycles. The fraction of sp³-hybridized carbons (Fsp3) is 0.500. The first-order valence-corrected chi connectivity index (χ1v) is 6.15. The van der Waals surface area contributed by atoms with Crippen LogP contribution in [0.1, 0.15) is 30.5 Å². The molecule has 0 spiro atoms. The molecule has 1 aromatic carbocycles. The lowest BCUT2D eigenvalue weighted by Gasteiger charge is -2.25. The molecule has 3 heteroatoms. The van der Waals surface area contributed by atoms with E-state index < -0.39 is 0 Å². The number of carbonyl (C=O) groups is 1. The molecule has 1 atom stereocenters.